The Kier molecular flexibility index (Phi) is 7.79. The average molecular weight is 568 g/mol. The number of amides is 1. The molecule has 4 rings (SSSR count). The highest BCUT2D eigenvalue weighted by atomic mass is 32.2. The van der Waals surface area contributed by atoms with Gasteiger partial charge in [0.1, 0.15) is 5.82 Å². The number of benzene rings is 2. The Hall–Kier alpha value is -2.71. The summed E-state index contributed by atoms with van der Waals surface area (Å²) in [6, 6.07) is 4.97. The minimum atomic E-state index is -4.92. The first kappa shape index (κ1) is 28.3. The molecule has 1 heterocycles. The lowest BCUT2D eigenvalue weighted by molar-refractivity contribution is -0.140. The Morgan fingerprint density at radius 2 is 1.55 bits per heavy atom. The van der Waals surface area contributed by atoms with Gasteiger partial charge in [0.15, 0.2) is 0 Å². The minimum absolute atomic E-state index is 0.185. The minimum Gasteiger partial charge on any atom is -0.325 e. The molecule has 2 aromatic rings. The van der Waals surface area contributed by atoms with E-state index in [0.717, 1.165) is 24.3 Å². The zero-order chi connectivity index (χ0) is 27.9. The van der Waals surface area contributed by atoms with Crippen LogP contribution < -0.4 is 5.32 Å². The van der Waals surface area contributed by atoms with E-state index in [0.29, 0.717) is 43.9 Å². The van der Waals surface area contributed by atoms with Gasteiger partial charge in [-0.1, -0.05) is 6.07 Å². The van der Waals surface area contributed by atoms with Crippen molar-refractivity contribution >= 4 is 21.6 Å². The summed E-state index contributed by atoms with van der Waals surface area (Å²) in [6.07, 6.45) is -7.79. The number of likely N-dealkylation sites (tertiary alicyclic amines) is 1. The molecule has 1 aliphatic heterocycles. The molecule has 6 nitrogen and oxygen atoms in total. The van der Waals surface area contributed by atoms with Crippen LogP contribution in [0, 0.1) is 5.82 Å². The van der Waals surface area contributed by atoms with Crippen molar-refractivity contribution in [2.24, 2.45) is 0 Å². The standard InChI is InChI=1S/C24H24F7N3O3S/c25-21-7-4-16(13-20(21)24(29,30)31)32-22(35)14-33-10-8-18(9-11-33)34(17-5-6-17)38(36,37)19-3-1-2-15(12-19)23(26,27)28/h1-4,7,12-13,17-18H,5-6,8-11,14H2,(H,32,35). The predicted molar refractivity (Wildman–Crippen MR) is 123 cm³/mol. The number of rotatable bonds is 7. The molecule has 208 valence electrons. The number of hydrogen-bond acceptors (Lipinski definition) is 4. The summed E-state index contributed by atoms with van der Waals surface area (Å²) in [7, 11) is -4.21. The smallest absolute Gasteiger partial charge is 0.325 e. The summed E-state index contributed by atoms with van der Waals surface area (Å²) in [6.45, 7) is 0.391. The van der Waals surface area contributed by atoms with E-state index in [1.165, 1.54) is 4.31 Å². The van der Waals surface area contributed by atoms with Gasteiger partial charge >= 0.3 is 12.4 Å². The van der Waals surface area contributed by atoms with Crippen LogP contribution in [-0.4, -0.2) is 55.2 Å². The first-order chi connectivity index (χ1) is 17.7. The lowest BCUT2D eigenvalue weighted by atomic mass is 10.0. The van der Waals surface area contributed by atoms with Crippen molar-refractivity contribution in [1.29, 1.82) is 0 Å². The lowest BCUT2D eigenvalue weighted by Crippen LogP contribution is -2.49. The van der Waals surface area contributed by atoms with Gasteiger partial charge in [-0.3, -0.25) is 9.69 Å². The van der Waals surface area contributed by atoms with Gasteiger partial charge in [-0.15, -0.1) is 0 Å². The normalized spacial score (nSPS) is 18.1. The fourth-order valence-electron chi connectivity index (χ4n) is 4.53. The van der Waals surface area contributed by atoms with Crippen LogP contribution in [0.1, 0.15) is 36.8 Å². The van der Waals surface area contributed by atoms with Crippen molar-refractivity contribution in [3.63, 3.8) is 0 Å². The Morgan fingerprint density at radius 1 is 0.921 bits per heavy atom. The molecule has 0 unspecified atom stereocenters. The van der Waals surface area contributed by atoms with Crippen molar-refractivity contribution in [2.75, 3.05) is 25.0 Å². The van der Waals surface area contributed by atoms with Gasteiger partial charge in [0, 0.05) is 30.9 Å². The number of carbonyl (C=O) groups excluding carboxylic acids is 1. The number of anilines is 1. The highest BCUT2D eigenvalue weighted by Gasteiger charge is 2.44. The number of sulfonamides is 1. The van der Waals surface area contributed by atoms with Gasteiger partial charge in [-0.05, 0) is 62.1 Å². The van der Waals surface area contributed by atoms with Gasteiger partial charge in [0.25, 0.3) is 0 Å². The molecular formula is C24H24F7N3O3S. The SMILES string of the molecule is O=C(CN1CCC(N(C2CC2)S(=O)(=O)c2cccc(C(F)(F)F)c2)CC1)Nc1ccc(F)c(C(F)(F)F)c1. The number of nitrogens with zero attached hydrogens (tertiary/aromatic N) is 2. The lowest BCUT2D eigenvalue weighted by Gasteiger charge is -2.37. The fourth-order valence-corrected chi connectivity index (χ4v) is 6.51. The van der Waals surface area contributed by atoms with Gasteiger partial charge in [-0.25, -0.2) is 12.8 Å². The molecule has 1 N–H and O–H groups in total. The van der Waals surface area contributed by atoms with Crippen molar-refractivity contribution in [3.8, 4) is 0 Å². The molecule has 1 aliphatic carbocycles. The van der Waals surface area contributed by atoms with Crippen molar-refractivity contribution < 1.29 is 43.9 Å². The molecular weight excluding hydrogens is 543 g/mol. The van der Waals surface area contributed by atoms with Gasteiger partial charge in [0.05, 0.1) is 22.6 Å². The number of hydrogen-bond donors (Lipinski definition) is 1. The molecule has 0 atom stereocenters. The second-order valence-corrected chi connectivity index (χ2v) is 11.2. The van der Waals surface area contributed by atoms with E-state index in [-0.39, 0.29) is 31.4 Å². The third-order valence-corrected chi connectivity index (χ3v) is 8.48. The number of nitrogens with one attached hydrogen (secondary N) is 1. The monoisotopic (exact) mass is 567 g/mol. The zero-order valence-corrected chi connectivity index (χ0v) is 20.6. The number of halogens is 7. The third kappa shape index (κ3) is 6.46. The third-order valence-electron chi connectivity index (χ3n) is 6.48. The van der Waals surface area contributed by atoms with E-state index < -0.39 is 56.2 Å². The van der Waals surface area contributed by atoms with Crippen LogP contribution in [0.3, 0.4) is 0 Å². The maximum atomic E-state index is 13.5. The van der Waals surface area contributed by atoms with Crippen LogP contribution >= 0.6 is 0 Å². The summed E-state index contributed by atoms with van der Waals surface area (Å²) in [4.78, 5) is 13.7. The molecule has 1 saturated carbocycles. The Bertz CT molecular complexity index is 1290. The van der Waals surface area contributed by atoms with Crippen LogP contribution in [0.5, 0.6) is 0 Å². The quantitative estimate of drug-likeness (QED) is 0.472. The van der Waals surface area contributed by atoms with Crippen molar-refractivity contribution in [3.05, 3.63) is 59.4 Å². The molecule has 14 heteroatoms. The summed E-state index contributed by atoms with van der Waals surface area (Å²) in [5.41, 5.74) is -2.78. The maximum absolute atomic E-state index is 13.5. The summed E-state index contributed by atoms with van der Waals surface area (Å²) in [5, 5.41) is 2.31. The molecule has 1 amide bonds. The maximum Gasteiger partial charge on any atom is 0.419 e. The number of alkyl halides is 6. The van der Waals surface area contributed by atoms with E-state index in [4.69, 9.17) is 0 Å². The molecule has 1 saturated heterocycles. The molecule has 0 radical (unpaired) electrons. The van der Waals surface area contributed by atoms with Crippen LogP contribution in [0.15, 0.2) is 47.4 Å². The largest absolute Gasteiger partial charge is 0.419 e. The Morgan fingerprint density at radius 3 is 2.13 bits per heavy atom. The zero-order valence-electron chi connectivity index (χ0n) is 19.8. The molecule has 0 spiro atoms. The second kappa shape index (κ2) is 10.5. The summed E-state index contributed by atoms with van der Waals surface area (Å²) < 4.78 is 120. The van der Waals surface area contributed by atoms with E-state index in [1.54, 1.807) is 4.90 Å². The van der Waals surface area contributed by atoms with Crippen LogP contribution in [-0.2, 0) is 27.2 Å². The molecule has 0 bridgehead atoms. The first-order valence-corrected chi connectivity index (χ1v) is 13.2. The van der Waals surface area contributed by atoms with Gasteiger partial charge in [0.2, 0.25) is 15.9 Å². The van der Waals surface area contributed by atoms with E-state index in [2.05, 4.69) is 5.32 Å². The van der Waals surface area contributed by atoms with Crippen molar-refractivity contribution in [1.82, 2.24) is 9.21 Å². The first-order valence-electron chi connectivity index (χ1n) is 11.8. The number of carbonyl (C=O) groups is 1. The molecule has 2 fully saturated rings. The Labute approximate surface area is 214 Å². The Balaban J connectivity index is 1.39. The van der Waals surface area contributed by atoms with E-state index >= 15 is 0 Å². The highest BCUT2D eigenvalue weighted by Crippen LogP contribution is 2.38. The molecule has 2 aliphatic rings. The fraction of sp³-hybridized carbons (Fsp3) is 0.458. The second-order valence-electron chi connectivity index (χ2n) is 9.34. The van der Waals surface area contributed by atoms with E-state index in [9.17, 15) is 43.9 Å². The van der Waals surface area contributed by atoms with Crippen LogP contribution in [0.4, 0.5) is 36.4 Å². The predicted octanol–water partition coefficient (Wildman–Crippen LogP) is 5.12. The van der Waals surface area contributed by atoms with Gasteiger partial charge in [-0.2, -0.15) is 30.6 Å². The molecule has 38 heavy (non-hydrogen) atoms. The summed E-state index contributed by atoms with van der Waals surface area (Å²) in [5.74, 6) is -2.09. The van der Waals surface area contributed by atoms with Crippen molar-refractivity contribution in [2.45, 2.75) is 55.0 Å². The van der Waals surface area contributed by atoms with Crippen LogP contribution in [0.2, 0.25) is 0 Å². The van der Waals surface area contributed by atoms with Gasteiger partial charge < -0.3 is 5.32 Å². The van der Waals surface area contributed by atoms with Crippen LogP contribution in [0.25, 0.3) is 0 Å². The molecule has 2 aromatic carbocycles. The number of piperidine rings is 1. The average Bonchev–Trinajstić information content (AvgIpc) is 3.65. The highest BCUT2D eigenvalue weighted by molar-refractivity contribution is 7.89. The molecule has 0 aromatic heterocycles. The topological polar surface area (TPSA) is 69.7 Å². The summed E-state index contributed by atoms with van der Waals surface area (Å²) >= 11 is 0. The van der Waals surface area contributed by atoms with E-state index in [1.807, 2.05) is 0 Å².